The van der Waals surface area contributed by atoms with Gasteiger partial charge in [-0.25, -0.2) is 9.78 Å². The fraction of sp³-hybridized carbons (Fsp3) is 0.556. The molecule has 0 spiro atoms. The van der Waals surface area contributed by atoms with Crippen molar-refractivity contribution in [2.45, 2.75) is 39.2 Å². The number of alkyl halides is 3. The van der Waals surface area contributed by atoms with Crippen LogP contribution in [0.25, 0.3) is 5.57 Å². The number of hydrogen-bond donors (Lipinski definition) is 1. The van der Waals surface area contributed by atoms with E-state index >= 15 is 0 Å². The monoisotopic (exact) mass is 387 g/mol. The zero-order valence-corrected chi connectivity index (χ0v) is 15.6. The summed E-state index contributed by atoms with van der Waals surface area (Å²) in [5.41, 5.74) is 0.812. The molecule has 0 fully saturated rings. The summed E-state index contributed by atoms with van der Waals surface area (Å²) in [5, 5.41) is 2.70. The van der Waals surface area contributed by atoms with E-state index in [1.54, 1.807) is 26.8 Å². The van der Waals surface area contributed by atoms with Crippen LogP contribution in [-0.4, -0.2) is 54.1 Å². The molecule has 1 aromatic rings. The first kappa shape index (κ1) is 21.0. The van der Waals surface area contributed by atoms with E-state index < -0.39 is 23.9 Å². The number of rotatable bonds is 5. The number of nitrogens with one attached hydrogen (secondary N) is 1. The predicted octanol–water partition coefficient (Wildman–Crippen LogP) is 3.59. The first-order valence-corrected chi connectivity index (χ1v) is 8.63. The number of nitrogens with zero attached hydrogens (tertiary/aromatic N) is 2. The first-order valence-electron chi connectivity index (χ1n) is 8.63. The number of aromatic nitrogens is 1. The Morgan fingerprint density at radius 1 is 1.30 bits per heavy atom. The van der Waals surface area contributed by atoms with Crippen molar-refractivity contribution < 1.29 is 27.4 Å². The van der Waals surface area contributed by atoms with Gasteiger partial charge in [0.05, 0.1) is 5.69 Å². The molecular formula is C18H24F3N3O3. The van der Waals surface area contributed by atoms with Gasteiger partial charge in [0.15, 0.2) is 0 Å². The lowest BCUT2D eigenvalue weighted by atomic mass is 10.0. The van der Waals surface area contributed by atoms with Crippen LogP contribution in [-0.2, 0) is 4.74 Å². The SMILES string of the molecule is CC(C)(C)OC(=O)NCCN1CC=C(c2cccc(OC(F)(F)F)n2)CC1. The fourth-order valence-corrected chi connectivity index (χ4v) is 2.55. The van der Waals surface area contributed by atoms with Crippen molar-refractivity contribution in [1.82, 2.24) is 15.2 Å². The molecule has 1 aliphatic rings. The highest BCUT2D eigenvalue weighted by Gasteiger charge is 2.32. The Kier molecular flexibility index (Phi) is 6.69. The van der Waals surface area contributed by atoms with Crippen LogP contribution in [0.2, 0.25) is 0 Å². The molecule has 0 unspecified atom stereocenters. The van der Waals surface area contributed by atoms with Crippen molar-refractivity contribution in [2.75, 3.05) is 26.2 Å². The van der Waals surface area contributed by atoms with E-state index in [0.717, 1.165) is 5.57 Å². The van der Waals surface area contributed by atoms with Crippen LogP contribution < -0.4 is 10.1 Å². The molecule has 0 aromatic carbocycles. The molecule has 1 aliphatic heterocycles. The lowest BCUT2D eigenvalue weighted by Crippen LogP contribution is -2.39. The van der Waals surface area contributed by atoms with Crippen LogP contribution in [0, 0.1) is 0 Å². The molecule has 0 radical (unpaired) electrons. The van der Waals surface area contributed by atoms with E-state index in [4.69, 9.17) is 4.74 Å². The lowest BCUT2D eigenvalue weighted by molar-refractivity contribution is -0.276. The Morgan fingerprint density at radius 3 is 2.63 bits per heavy atom. The summed E-state index contributed by atoms with van der Waals surface area (Å²) in [6, 6.07) is 4.32. The summed E-state index contributed by atoms with van der Waals surface area (Å²) in [5.74, 6) is -0.468. The lowest BCUT2D eigenvalue weighted by Gasteiger charge is -2.26. The van der Waals surface area contributed by atoms with Crippen LogP contribution in [0.15, 0.2) is 24.3 Å². The predicted molar refractivity (Wildman–Crippen MR) is 94.2 cm³/mol. The van der Waals surface area contributed by atoms with E-state index in [1.165, 1.54) is 12.1 Å². The van der Waals surface area contributed by atoms with Crippen LogP contribution in [0.4, 0.5) is 18.0 Å². The molecule has 2 heterocycles. The number of amides is 1. The normalized spacial score (nSPS) is 15.9. The van der Waals surface area contributed by atoms with Gasteiger partial charge >= 0.3 is 12.5 Å². The van der Waals surface area contributed by atoms with E-state index in [1.807, 2.05) is 6.08 Å². The summed E-state index contributed by atoms with van der Waals surface area (Å²) >= 11 is 0. The number of pyridine rings is 1. The zero-order valence-electron chi connectivity index (χ0n) is 15.6. The summed E-state index contributed by atoms with van der Waals surface area (Å²) in [7, 11) is 0. The van der Waals surface area contributed by atoms with Crippen molar-refractivity contribution in [2.24, 2.45) is 0 Å². The molecule has 0 aliphatic carbocycles. The van der Waals surface area contributed by atoms with Crippen molar-refractivity contribution >= 4 is 11.7 Å². The summed E-state index contributed by atoms with van der Waals surface area (Å²) in [4.78, 5) is 17.7. The molecule has 150 valence electrons. The molecule has 27 heavy (non-hydrogen) atoms. The smallest absolute Gasteiger partial charge is 0.444 e. The summed E-state index contributed by atoms with van der Waals surface area (Å²) in [6.07, 6.45) is -2.64. The molecule has 0 atom stereocenters. The van der Waals surface area contributed by atoms with Crippen LogP contribution >= 0.6 is 0 Å². The second-order valence-corrected chi connectivity index (χ2v) is 7.12. The number of hydrogen-bond acceptors (Lipinski definition) is 5. The molecule has 0 saturated carbocycles. The van der Waals surface area contributed by atoms with Crippen molar-refractivity contribution in [3.63, 3.8) is 0 Å². The Hall–Kier alpha value is -2.29. The molecule has 2 rings (SSSR count). The average Bonchev–Trinajstić information content (AvgIpc) is 2.52. The fourth-order valence-electron chi connectivity index (χ4n) is 2.55. The van der Waals surface area contributed by atoms with Gasteiger partial charge in [-0.05, 0) is 38.8 Å². The van der Waals surface area contributed by atoms with E-state index in [2.05, 4.69) is 19.9 Å². The summed E-state index contributed by atoms with van der Waals surface area (Å²) in [6.45, 7) is 7.83. The Labute approximate surface area is 156 Å². The second-order valence-electron chi connectivity index (χ2n) is 7.12. The van der Waals surface area contributed by atoms with Crippen molar-refractivity contribution in [3.8, 4) is 5.88 Å². The highest BCUT2D eigenvalue weighted by molar-refractivity contribution is 5.67. The van der Waals surface area contributed by atoms with Gasteiger partial charge in [-0.15, -0.1) is 13.2 Å². The van der Waals surface area contributed by atoms with Gasteiger partial charge in [0.2, 0.25) is 5.88 Å². The van der Waals surface area contributed by atoms with E-state index in [0.29, 0.717) is 38.3 Å². The zero-order chi connectivity index (χ0) is 20.1. The highest BCUT2D eigenvalue weighted by Crippen LogP contribution is 2.25. The van der Waals surface area contributed by atoms with Crippen LogP contribution in [0.1, 0.15) is 32.9 Å². The maximum atomic E-state index is 12.3. The molecule has 1 N–H and O–H groups in total. The standard InChI is InChI=1S/C18H24F3N3O3/c1-17(2,3)27-16(25)22-9-12-24-10-7-13(8-11-24)14-5-4-6-15(23-14)26-18(19,20)21/h4-7H,8-12H2,1-3H3,(H,22,25). The van der Waals surface area contributed by atoms with Crippen LogP contribution in [0.5, 0.6) is 5.88 Å². The quantitative estimate of drug-likeness (QED) is 0.837. The minimum atomic E-state index is -4.76. The minimum Gasteiger partial charge on any atom is -0.444 e. The molecule has 0 bridgehead atoms. The van der Waals surface area contributed by atoms with Gasteiger partial charge in [-0.3, -0.25) is 4.90 Å². The number of carbonyl (C=O) groups is 1. The van der Waals surface area contributed by atoms with Gasteiger partial charge in [0, 0.05) is 32.2 Å². The minimum absolute atomic E-state index is 0.450. The Balaban J connectivity index is 1.83. The highest BCUT2D eigenvalue weighted by atomic mass is 19.4. The molecule has 1 aromatic heterocycles. The summed E-state index contributed by atoms with van der Waals surface area (Å²) < 4.78 is 46.0. The van der Waals surface area contributed by atoms with Gasteiger partial charge in [0.25, 0.3) is 0 Å². The van der Waals surface area contributed by atoms with Gasteiger partial charge in [-0.1, -0.05) is 12.1 Å². The molecule has 6 nitrogen and oxygen atoms in total. The average molecular weight is 387 g/mol. The second kappa shape index (κ2) is 8.60. The molecular weight excluding hydrogens is 363 g/mol. The largest absolute Gasteiger partial charge is 0.574 e. The molecule has 9 heteroatoms. The Morgan fingerprint density at radius 2 is 2.04 bits per heavy atom. The first-order chi connectivity index (χ1) is 12.5. The van der Waals surface area contributed by atoms with Gasteiger partial charge < -0.3 is 14.8 Å². The topological polar surface area (TPSA) is 63.7 Å². The third-order valence-corrected chi connectivity index (χ3v) is 3.66. The van der Waals surface area contributed by atoms with Crippen molar-refractivity contribution in [1.29, 1.82) is 0 Å². The molecule has 0 saturated heterocycles. The third-order valence-electron chi connectivity index (χ3n) is 3.66. The number of ether oxygens (including phenoxy) is 2. The van der Waals surface area contributed by atoms with E-state index in [-0.39, 0.29) is 0 Å². The maximum absolute atomic E-state index is 12.3. The number of halogens is 3. The maximum Gasteiger partial charge on any atom is 0.574 e. The van der Waals surface area contributed by atoms with Gasteiger partial charge in [0.1, 0.15) is 5.60 Å². The van der Waals surface area contributed by atoms with Crippen LogP contribution in [0.3, 0.4) is 0 Å². The molecule has 1 amide bonds. The Bertz CT molecular complexity index is 684. The number of carbonyl (C=O) groups excluding carboxylic acids is 1. The van der Waals surface area contributed by atoms with Crippen molar-refractivity contribution in [3.05, 3.63) is 30.0 Å². The van der Waals surface area contributed by atoms with Gasteiger partial charge in [-0.2, -0.15) is 0 Å². The number of alkyl carbamates (subject to hydrolysis) is 1. The third kappa shape index (κ3) is 7.86. The van der Waals surface area contributed by atoms with E-state index in [9.17, 15) is 18.0 Å².